The van der Waals surface area contributed by atoms with E-state index >= 15 is 0 Å². The van der Waals surface area contributed by atoms with Gasteiger partial charge in [0, 0.05) is 16.9 Å². The van der Waals surface area contributed by atoms with Crippen molar-refractivity contribution in [2.75, 3.05) is 10.0 Å². The van der Waals surface area contributed by atoms with E-state index in [0.717, 1.165) is 11.3 Å². The van der Waals surface area contributed by atoms with Gasteiger partial charge in [-0.25, -0.2) is 12.8 Å². The topological polar surface area (TPSA) is 75.3 Å². The lowest BCUT2D eigenvalue weighted by Gasteiger charge is -2.08. The maximum atomic E-state index is 13.2. The summed E-state index contributed by atoms with van der Waals surface area (Å²) in [7, 11) is -3.68. The third kappa shape index (κ3) is 4.48. The van der Waals surface area contributed by atoms with Crippen LogP contribution in [0.4, 0.5) is 15.8 Å². The second kappa shape index (κ2) is 7.56. The van der Waals surface area contributed by atoms with Gasteiger partial charge in [0.25, 0.3) is 15.9 Å². The number of amides is 1. The maximum Gasteiger partial charge on any atom is 0.271 e. The number of carbonyl (C=O) groups is 1. The first-order chi connectivity index (χ1) is 12.3. The Bertz CT molecular complexity index is 1050. The molecule has 0 saturated heterocycles. The van der Waals surface area contributed by atoms with Gasteiger partial charge < -0.3 is 5.32 Å². The second-order valence-electron chi connectivity index (χ2n) is 5.21. The van der Waals surface area contributed by atoms with Crippen LogP contribution in [0.5, 0.6) is 0 Å². The first-order valence-electron chi connectivity index (χ1n) is 7.29. The lowest BCUT2D eigenvalue weighted by Crippen LogP contribution is -2.13. The minimum absolute atomic E-state index is 0.178. The number of anilines is 2. The summed E-state index contributed by atoms with van der Waals surface area (Å²) in [5, 5.41) is 2.57. The third-order valence-electron chi connectivity index (χ3n) is 3.30. The molecule has 5 nitrogen and oxygen atoms in total. The van der Waals surface area contributed by atoms with Gasteiger partial charge >= 0.3 is 0 Å². The quantitative estimate of drug-likeness (QED) is 0.586. The van der Waals surface area contributed by atoms with Crippen LogP contribution in [0.2, 0.25) is 0 Å². The normalized spacial score (nSPS) is 11.2. The molecule has 3 rings (SSSR count). The standard InChI is InChI=1S/C17H12BrFN2O3S2/c18-15-8-9-16(25-15)26(23,24)21-13-6-4-11(5-7-13)17(22)20-14-3-1-2-12(19)10-14/h1-10,21H,(H,20,22). The van der Waals surface area contributed by atoms with Crippen molar-refractivity contribution >= 4 is 54.6 Å². The number of benzene rings is 2. The number of sulfonamides is 1. The van der Waals surface area contributed by atoms with Gasteiger partial charge in [-0.15, -0.1) is 11.3 Å². The number of hydrogen-bond donors (Lipinski definition) is 2. The number of thiophene rings is 1. The molecule has 9 heteroatoms. The molecule has 0 aliphatic carbocycles. The van der Waals surface area contributed by atoms with E-state index < -0.39 is 21.7 Å². The Kier molecular flexibility index (Phi) is 5.40. The molecular formula is C17H12BrFN2O3S2. The van der Waals surface area contributed by atoms with Crippen molar-refractivity contribution in [3.63, 3.8) is 0 Å². The Morgan fingerprint density at radius 3 is 2.35 bits per heavy atom. The zero-order chi connectivity index (χ0) is 18.7. The molecule has 26 heavy (non-hydrogen) atoms. The van der Waals surface area contributed by atoms with Gasteiger partial charge in [0.05, 0.1) is 3.79 Å². The van der Waals surface area contributed by atoms with Crippen LogP contribution < -0.4 is 10.0 Å². The Morgan fingerprint density at radius 1 is 1.00 bits per heavy atom. The van der Waals surface area contributed by atoms with Crippen LogP contribution in [0.15, 0.2) is 68.7 Å². The Hall–Kier alpha value is -2.23. The fourth-order valence-corrected chi connectivity index (χ4v) is 5.18. The summed E-state index contributed by atoms with van der Waals surface area (Å²) in [6.07, 6.45) is 0. The Morgan fingerprint density at radius 2 is 1.73 bits per heavy atom. The van der Waals surface area contributed by atoms with Crippen LogP contribution in [-0.4, -0.2) is 14.3 Å². The van der Waals surface area contributed by atoms with Crippen molar-refractivity contribution in [2.24, 2.45) is 0 Å². The maximum absolute atomic E-state index is 13.2. The fraction of sp³-hybridized carbons (Fsp3) is 0. The van der Waals surface area contributed by atoms with Crippen molar-refractivity contribution in [2.45, 2.75) is 4.21 Å². The van der Waals surface area contributed by atoms with Gasteiger partial charge in [-0.2, -0.15) is 0 Å². The van der Waals surface area contributed by atoms with Crippen LogP contribution in [0.25, 0.3) is 0 Å². The van der Waals surface area contributed by atoms with Gasteiger partial charge in [0.1, 0.15) is 10.0 Å². The van der Waals surface area contributed by atoms with Gasteiger partial charge in [-0.3, -0.25) is 9.52 Å². The molecule has 0 atom stereocenters. The smallest absolute Gasteiger partial charge is 0.271 e. The van der Waals surface area contributed by atoms with Gasteiger partial charge in [0.15, 0.2) is 0 Å². The summed E-state index contributed by atoms with van der Waals surface area (Å²) >= 11 is 4.32. The molecule has 0 fully saturated rings. The molecule has 0 spiro atoms. The summed E-state index contributed by atoms with van der Waals surface area (Å²) in [5.74, 6) is -0.875. The first-order valence-corrected chi connectivity index (χ1v) is 10.4. The Labute approximate surface area is 162 Å². The molecule has 0 aliphatic heterocycles. The highest BCUT2D eigenvalue weighted by molar-refractivity contribution is 9.11. The highest BCUT2D eigenvalue weighted by Gasteiger charge is 2.17. The number of hydrogen-bond acceptors (Lipinski definition) is 4. The SMILES string of the molecule is O=C(Nc1cccc(F)c1)c1ccc(NS(=O)(=O)c2ccc(Br)s2)cc1. The molecular weight excluding hydrogens is 443 g/mol. The number of nitrogens with one attached hydrogen (secondary N) is 2. The van der Waals surface area contributed by atoms with E-state index in [1.165, 1.54) is 48.5 Å². The molecule has 0 radical (unpaired) electrons. The second-order valence-corrected chi connectivity index (χ2v) is 9.58. The molecule has 2 aromatic carbocycles. The minimum Gasteiger partial charge on any atom is -0.322 e. The molecule has 1 heterocycles. The van der Waals surface area contributed by atoms with Gasteiger partial charge in [0.2, 0.25) is 0 Å². The average Bonchev–Trinajstić information content (AvgIpc) is 3.03. The molecule has 1 amide bonds. The first kappa shape index (κ1) is 18.6. The number of carbonyl (C=O) groups excluding carboxylic acids is 1. The predicted octanol–water partition coefficient (Wildman–Crippen LogP) is 4.70. The molecule has 0 saturated carbocycles. The molecule has 2 N–H and O–H groups in total. The van der Waals surface area contributed by atoms with Crippen LogP contribution in [0.1, 0.15) is 10.4 Å². The van der Waals surface area contributed by atoms with E-state index in [-0.39, 0.29) is 4.21 Å². The summed E-state index contributed by atoms with van der Waals surface area (Å²) < 4.78 is 41.0. The van der Waals surface area contributed by atoms with Crippen LogP contribution in [0.3, 0.4) is 0 Å². The highest BCUT2D eigenvalue weighted by Crippen LogP contribution is 2.27. The van der Waals surface area contributed by atoms with E-state index in [1.54, 1.807) is 12.1 Å². The van der Waals surface area contributed by atoms with Crippen LogP contribution in [0, 0.1) is 5.82 Å². The zero-order valence-corrected chi connectivity index (χ0v) is 16.3. The molecule has 0 unspecified atom stereocenters. The Balaban J connectivity index is 1.71. The van der Waals surface area contributed by atoms with Crippen molar-refractivity contribution in [1.82, 2.24) is 0 Å². The van der Waals surface area contributed by atoms with Gasteiger partial charge in [-0.1, -0.05) is 6.07 Å². The van der Waals surface area contributed by atoms with E-state index in [4.69, 9.17) is 0 Å². The largest absolute Gasteiger partial charge is 0.322 e. The molecule has 0 bridgehead atoms. The van der Waals surface area contributed by atoms with E-state index in [1.807, 2.05) is 0 Å². The van der Waals surface area contributed by atoms with Crippen LogP contribution >= 0.6 is 27.3 Å². The van der Waals surface area contributed by atoms with Gasteiger partial charge in [-0.05, 0) is 70.5 Å². The zero-order valence-electron chi connectivity index (χ0n) is 13.1. The monoisotopic (exact) mass is 454 g/mol. The number of rotatable bonds is 5. The lowest BCUT2D eigenvalue weighted by atomic mass is 10.2. The van der Waals surface area contributed by atoms with Crippen molar-refractivity contribution < 1.29 is 17.6 Å². The highest BCUT2D eigenvalue weighted by atomic mass is 79.9. The summed E-state index contributed by atoms with van der Waals surface area (Å²) in [5.41, 5.74) is 0.982. The van der Waals surface area contributed by atoms with Crippen molar-refractivity contribution in [3.05, 3.63) is 75.8 Å². The predicted molar refractivity (Wildman–Crippen MR) is 104 cm³/mol. The molecule has 3 aromatic rings. The van der Waals surface area contributed by atoms with Crippen molar-refractivity contribution in [3.8, 4) is 0 Å². The number of halogens is 2. The molecule has 1 aromatic heterocycles. The minimum atomic E-state index is -3.68. The van der Waals surface area contributed by atoms with E-state index in [0.29, 0.717) is 20.7 Å². The summed E-state index contributed by atoms with van der Waals surface area (Å²) in [6, 6.07) is 14.6. The van der Waals surface area contributed by atoms with Crippen LogP contribution in [-0.2, 0) is 10.0 Å². The fourth-order valence-electron chi connectivity index (χ4n) is 2.11. The summed E-state index contributed by atoms with van der Waals surface area (Å²) in [6.45, 7) is 0. The summed E-state index contributed by atoms with van der Waals surface area (Å²) in [4.78, 5) is 12.2. The third-order valence-corrected chi connectivity index (χ3v) is 6.79. The van der Waals surface area contributed by atoms with E-state index in [9.17, 15) is 17.6 Å². The van der Waals surface area contributed by atoms with Crippen molar-refractivity contribution in [1.29, 1.82) is 0 Å². The molecule has 134 valence electrons. The lowest BCUT2D eigenvalue weighted by molar-refractivity contribution is 0.102. The average molecular weight is 455 g/mol. The molecule has 0 aliphatic rings. The van der Waals surface area contributed by atoms with E-state index in [2.05, 4.69) is 26.0 Å².